The van der Waals surface area contributed by atoms with Gasteiger partial charge in [-0.15, -0.1) is 0 Å². The van der Waals surface area contributed by atoms with Crippen molar-refractivity contribution in [1.29, 1.82) is 0 Å². The number of rotatable bonds is 3. The van der Waals surface area contributed by atoms with Crippen molar-refractivity contribution in [3.05, 3.63) is 0 Å². The highest BCUT2D eigenvalue weighted by Gasteiger charge is 2.44. The molecule has 0 atom stereocenters. The maximum atomic E-state index is 10.9. The molecule has 2 fully saturated rings. The Morgan fingerprint density at radius 1 is 1.17 bits per heavy atom. The fourth-order valence-corrected chi connectivity index (χ4v) is 2.77. The van der Waals surface area contributed by atoms with Crippen molar-refractivity contribution >= 4 is 6.29 Å². The van der Waals surface area contributed by atoms with Crippen LogP contribution in [0, 0.1) is 10.8 Å². The van der Waals surface area contributed by atoms with Crippen LogP contribution in [-0.2, 0) is 4.79 Å². The second-order valence-corrected chi connectivity index (χ2v) is 5.17. The zero-order chi connectivity index (χ0) is 8.66. The highest BCUT2D eigenvalue weighted by Crippen LogP contribution is 2.54. The molecule has 0 aliphatic heterocycles. The third-order valence-electron chi connectivity index (χ3n) is 3.94. The molecule has 68 valence electrons. The molecule has 0 N–H and O–H groups in total. The van der Waals surface area contributed by atoms with Gasteiger partial charge < -0.3 is 4.79 Å². The van der Waals surface area contributed by atoms with Gasteiger partial charge in [0.25, 0.3) is 0 Å². The number of aldehydes is 1. The molecular weight excluding hydrogens is 148 g/mol. The van der Waals surface area contributed by atoms with Crippen molar-refractivity contribution in [3.8, 4) is 0 Å². The second-order valence-electron chi connectivity index (χ2n) is 5.17. The van der Waals surface area contributed by atoms with Gasteiger partial charge in [-0.25, -0.2) is 0 Å². The summed E-state index contributed by atoms with van der Waals surface area (Å²) in [6.45, 7) is 2.35. The molecule has 0 unspecified atom stereocenters. The van der Waals surface area contributed by atoms with Crippen LogP contribution in [0.15, 0.2) is 0 Å². The van der Waals surface area contributed by atoms with Gasteiger partial charge in [-0.3, -0.25) is 0 Å². The van der Waals surface area contributed by atoms with Crippen LogP contribution in [0.3, 0.4) is 0 Å². The average Bonchev–Trinajstić information content (AvgIpc) is 1.93. The van der Waals surface area contributed by atoms with E-state index in [1.165, 1.54) is 38.4 Å². The summed E-state index contributed by atoms with van der Waals surface area (Å²) in [7, 11) is 0. The predicted octanol–water partition coefficient (Wildman–Crippen LogP) is 2.94. The zero-order valence-electron chi connectivity index (χ0n) is 7.94. The topological polar surface area (TPSA) is 17.1 Å². The summed E-state index contributed by atoms with van der Waals surface area (Å²) in [6, 6.07) is 0. The van der Waals surface area contributed by atoms with Crippen LogP contribution in [-0.4, -0.2) is 6.29 Å². The Morgan fingerprint density at radius 3 is 2.00 bits per heavy atom. The minimum atomic E-state index is 0.120. The lowest BCUT2D eigenvalue weighted by Gasteiger charge is -2.48. The van der Waals surface area contributed by atoms with E-state index in [-0.39, 0.29) is 5.41 Å². The van der Waals surface area contributed by atoms with E-state index in [1.54, 1.807) is 0 Å². The van der Waals surface area contributed by atoms with Crippen LogP contribution in [0.4, 0.5) is 0 Å². The molecule has 2 rings (SSSR count). The molecule has 0 bridgehead atoms. The minimum Gasteiger partial charge on any atom is -0.303 e. The first-order valence-electron chi connectivity index (χ1n) is 5.15. The third-order valence-corrected chi connectivity index (χ3v) is 3.94. The number of hydrogen-bond donors (Lipinski definition) is 0. The van der Waals surface area contributed by atoms with E-state index in [2.05, 4.69) is 6.92 Å². The van der Waals surface area contributed by atoms with E-state index in [4.69, 9.17) is 0 Å². The van der Waals surface area contributed by atoms with E-state index in [0.717, 1.165) is 12.8 Å². The molecule has 0 saturated heterocycles. The summed E-state index contributed by atoms with van der Waals surface area (Å²) in [6.07, 6.45) is 10.1. The number of hydrogen-bond acceptors (Lipinski definition) is 1. The first-order valence-corrected chi connectivity index (χ1v) is 5.15. The van der Waals surface area contributed by atoms with Crippen molar-refractivity contribution in [3.63, 3.8) is 0 Å². The molecule has 12 heavy (non-hydrogen) atoms. The summed E-state index contributed by atoms with van der Waals surface area (Å²) in [5.41, 5.74) is 0.649. The molecule has 0 radical (unpaired) electrons. The number of carbonyl (C=O) groups excluding carboxylic acids is 1. The number of carbonyl (C=O) groups is 1. The highest BCUT2D eigenvalue weighted by molar-refractivity contribution is 5.61. The molecule has 0 aromatic heterocycles. The minimum absolute atomic E-state index is 0.120. The molecule has 0 aromatic rings. The molecule has 0 aromatic carbocycles. The summed E-state index contributed by atoms with van der Waals surface area (Å²) < 4.78 is 0. The lowest BCUT2D eigenvalue weighted by atomic mass is 9.56. The van der Waals surface area contributed by atoms with E-state index in [1.807, 2.05) is 0 Å². The average molecular weight is 166 g/mol. The van der Waals surface area contributed by atoms with Crippen molar-refractivity contribution in [1.82, 2.24) is 0 Å². The second kappa shape index (κ2) is 2.58. The summed E-state index contributed by atoms with van der Waals surface area (Å²) >= 11 is 0. The van der Waals surface area contributed by atoms with Crippen molar-refractivity contribution in [2.75, 3.05) is 0 Å². The predicted molar refractivity (Wildman–Crippen MR) is 48.9 cm³/mol. The van der Waals surface area contributed by atoms with E-state index in [9.17, 15) is 4.79 Å². The van der Waals surface area contributed by atoms with Gasteiger partial charge in [0.05, 0.1) is 0 Å². The van der Waals surface area contributed by atoms with Gasteiger partial charge in [-0.1, -0.05) is 19.8 Å². The Kier molecular flexibility index (Phi) is 1.78. The van der Waals surface area contributed by atoms with E-state index in [0.29, 0.717) is 5.41 Å². The summed E-state index contributed by atoms with van der Waals surface area (Å²) in [5.74, 6) is 0. The van der Waals surface area contributed by atoms with Crippen LogP contribution in [0.2, 0.25) is 0 Å². The first kappa shape index (κ1) is 8.28. The monoisotopic (exact) mass is 166 g/mol. The molecule has 0 amide bonds. The standard InChI is InChI=1S/C11H18O/c1-10(4-2-5-10)8-11(9-12)6-3-7-11/h9H,2-8H2,1H3. The normalized spacial score (nSPS) is 30.1. The summed E-state index contributed by atoms with van der Waals surface area (Å²) in [5, 5.41) is 0. The zero-order valence-corrected chi connectivity index (χ0v) is 7.94. The van der Waals surface area contributed by atoms with Crippen molar-refractivity contribution < 1.29 is 4.79 Å². The van der Waals surface area contributed by atoms with Crippen molar-refractivity contribution in [2.45, 2.75) is 51.9 Å². The van der Waals surface area contributed by atoms with Crippen LogP contribution >= 0.6 is 0 Å². The van der Waals surface area contributed by atoms with Crippen LogP contribution in [0.5, 0.6) is 0 Å². The van der Waals surface area contributed by atoms with Gasteiger partial charge in [0.1, 0.15) is 6.29 Å². The quantitative estimate of drug-likeness (QED) is 0.589. The fourth-order valence-electron chi connectivity index (χ4n) is 2.77. The lowest BCUT2D eigenvalue weighted by molar-refractivity contribution is -0.124. The highest BCUT2D eigenvalue weighted by atomic mass is 16.1. The van der Waals surface area contributed by atoms with E-state index < -0.39 is 0 Å². The fraction of sp³-hybridized carbons (Fsp3) is 0.909. The maximum absolute atomic E-state index is 10.9. The Hall–Kier alpha value is -0.330. The molecule has 1 nitrogen and oxygen atoms in total. The first-order chi connectivity index (χ1) is 5.68. The Bertz CT molecular complexity index is 187. The summed E-state index contributed by atoms with van der Waals surface area (Å²) in [4.78, 5) is 10.9. The Morgan fingerprint density at radius 2 is 1.75 bits per heavy atom. The van der Waals surface area contributed by atoms with Gasteiger partial charge in [-0.05, 0) is 37.5 Å². The van der Waals surface area contributed by atoms with Gasteiger partial charge in [0, 0.05) is 5.41 Å². The smallest absolute Gasteiger partial charge is 0.126 e. The third kappa shape index (κ3) is 1.19. The molecule has 0 heterocycles. The maximum Gasteiger partial charge on any atom is 0.126 e. The van der Waals surface area contributed by atoms with Gasteiger partial charge in [0.2, 0.25) is 0 Å². The van der Waals surface area contributed by atoms with Gasteiger partial charge in [0.15, 0.2) is 0 Å². The SMILES string of the molecule is CC1(CC2(C=O)CCC2)CCC1. The van der Waals surface area contributed by atoms with Gasteiger partial charge >= 0.3 is 0 Å². The lowest BCUT2D eigenvalue weighted by Crippen LogP contribution is -2.39. The molecule has 1 heteroatoms. The molecule has 2 aliphatic rings. The molecular formula is C11H18O. The van der Waals surface area contributed by atoms with E-state index >= 15 is 0 Å². The largest absolute Gasteiger partial charge is 0.303 e. The molecule has 2 saturated carbocycles. The Labute approximate surface area is 74.5 Å². The van der Waals surface area contributed by atoms with Gasteiger partial charge in [-0.2, -0.15) is 0 Å². The van der Waals surface area contributed by atoms with Crippen LogP contribution < -0.4 is 0 Å². The Balaban J connectivity index is 1.95. The van der Waals surface area contributed by atoms with Crippen LogP contribution in [0.25, 0.3) is 0 Å². The van der Waals surface area contributed by atoms with Crippen molar-refractivity contribution in [2.24, 2.45) is 10.8 Å². The molecule has 2 aliphatic carbocycles. The molecule has 0 spiro atoms. The van der Waals surface area contributed by atoms with Crippen LogP contribution in [0.1, 0.15) is 51.9 Å².